The number of carbonyl (C=O) groups is 1. The number of fused-ring (bicyclic) bond motifs is 1. The molecule has 0 radical (unpaired) electrons. The number of phenols is 1. The van der Waals surface area contributed by atoms with Gasteiger partial charge >= 0.3 is 6.36 Å². The molecule has 3 fully saturated rings. The zero-order valence-electron chi connectivity index (χ0n) is 22.5. The van der Waals surface area contributed by atoms with Gasteiger partial charge in [-0.25, -0.2) is 0 Å². The average Bonchev–Trinajstić information content (AvgIpc) is 3.72. The maximum atomic E-state index is 13.2. The number of rotatable bonds is 6. The second kappa shape index (κ2) is 9.80. The highest BCUT2D eigenvalue weighted by Gasteiger charge is 2.65. The number of aliphatic hydroxyl groups is 1. The van der Waals surface area contributed by atoms with Gasteiger partial charge in [-0.3, -0.25) is 9.69 Å². The van der Waals surface area contributed by atoms with E-state index < -0.39 is 17.4 Å². The van der Waals surface area contributed by atoms with Crippen LogP contribution in [-0.4, -0.2) is 70.1 Å². The van der Waals surface area contributed by atoms with E-state index in [1.165, 1.54) is 43.2 Å². The number of amides is 1. The molecule has 0 spiro atoms. The Morgan fingerprint density at radius 2 is 1.98 bits per heavy atom. The molecule has 2 N–H and O–H groups in total. The van der Waals surface area contributed by atoms with Gasteiger partial charge in [-0.1, -0.05) is 18.2 Å². The van der Waals surface area contributed by atoms with Gasteiger partial charge in [0.05, 0.1) is 5.60 Å². The van der Waals surface area contributed by atoms with E-state index in [-0.39, 0.29) is 29.5 Å². The number of alkyl halides is 3. The molecule has 1 saturated heterocycles. The van der Waals surface area contributed by atoms with Crippen LogP contribution in [0.5, 0.6) is 11.5 Å². The summed E-state index contributed by atoms with van der Waals surface area (Å²) >= 11 is 0. The van der Waals surface area contributed by atoms with Crippen LogP contribution >= 0.6 is 0 Å². The quantitative estimate of drug-likeness (QED) is 0.489. The molecule has 2 aromatic rings. The summed E-state index contributed by atoms with van der Waals surface area (Å²) in [5.41, 5.74) is 1.05. The number of hydrogen-bond donors (Lipinski definition) is 2. The number of hydrogen-bond acceptors (Lipinski definition) is 5. The van der Waals surface area contributed by atoms with Crippen LogP contribution in [0.3, 0.4) is 0 Å². The number of likely N-dealkylation sites (tertiary alicyclic amines) is 1. The van der Waals surface area contributed by atoms with Crippen LogP contribution in [0.2, 0.25) is 0 Å². The Morgan fingerprint density at radius 1 is 1.18 bits per heavy atom. The minimum atomic E-state index is -4.79. The lowest BCUT2D eigenvalue weighted by atomic mass is 9.48. The van der Waals surface area contributed by atoms with Gasteiger partial charge in [0.15, 0.2) is 0 Å². The van der Waals surface area contributed by atoms with Crippen molar-refractivity contribution in [2.24, 2.45) is 5.92 Å². The van der Waals surface area contributed by atoms with E-state index in [9.17, 15) is 28.2 Å². The van der Waals surface area contributed by atoms with Gasteiger partial charge in [0.1, 0.15) is 11.5 Å². The van der Waals surface area contributed by atoms with Gasteiger partial charge in [-0.15, -0.1) is 13.2 Å². The van der Waals surface area contributed by atoms with Crippen LogP contribution < -0.4 is 4.74 Å². The number of ether oxygens (including phenoxy) is 1. The summed E-state index contributed by atoms with van der Waals surface area (Å²) in [5, 5.41) is 22.9. The van der Waals surface area contributed by atoms with Crippen LogP contribution in [0.15, 0.2) is 48.5 Å². The second-order valence-electron chi connectivity index (χ2n) is 12.1. The fourth-order valence-electron chi connectivity index (χ4n) is 7.54. The maximum Gasteiger partial charge on any atom is 0.573 e. The molecule has 4 aliphatic rings. The number of halogens is 3. The normalized spacial score (nSPS) is 30.0. The lowest BCUT2D eigenvalue weighted by Gasteiger charge is -2.65. The number of likely N-dealkylation sites (N-methyl/N-ethyl adjacent to an activating group) is 1. The van der Waals surface area contributed by atoms with E-state index in [2.05, 4.69) is 9.64 Å². The summed E-state index contributed by atoms with van der Waals surface area (Å²) in [6.45, 7) is 1.89. The van der Waals surface area contributed by atoms with Crippen molar-refractivity contribution in [2.75, 3.05) is 20.1 Å². The number of nitrogens with zero attached hydrogens (tertiary/aromatic N) is 2. The highest BCUT2D eigenvalue weighted by molar-refractivity contribution is 5.91. The first kappa shape index (κ1) is 27.1. The molecule has 2 saturated carbocycles. The Kier molecular flexibility index (Phi) is 6.65. The SMILES string of the molecule is CN(C(=O)C=Cc1cccc(OC(F)(F)F)c1)[C@H]1CC[C@@]2(O)[C@H]3Cc4ccc(O)cc4[C@@]2(CCN3CC2CC2)C1. The van der Waals surface area contributed by atoms with Gasteiger partial charge in [0.25, 0.3) is 0 Å². The number of carbonyl (C=O) groups excluding carboxylic acids is 1. The van der Waals surface area contributed by atoms with E-state index in [0.717, 1.165) is 37.1 Å². The van der Waals surface area contributed by atoms with E-state index in [0.29, 0.717) is 30.7 Å². The molecule has 6 nitrogen and oxygen atoms in total. The highest BCUT2D eigenvalue weighted by Crippen LogP contribution is 2.59. The van der Waals surface area contributed by atoms with E-state index in [1.54, 1.807) is 24.1 Å². The third-order valence-electron chi connectivity index (χ3n) is 9.71. The van der Waals surface area contributed by atoms with Gasteiger partial charge < -0.3 is 19.8 Å². The van der Waals surface area contributed by atoms with Crippen LogP contribution in [0.1, 0.15) is 55.2 Å². The Balaban J connectivity index is 1.24. The molecule has 214 valence electrons. The van der Waals surface area contributed by atoms with Gasteiger partial charge in [-0.05, 0) is 104 Å². The molecule has 0 unspecified atom stereocenters. The minimum Gasteiger partial charge on any atom is -0.508 e. The van der Waals surface area contributed by atoms with Crippen molar-refractivity contribution in [1.82, 2.24) is 9.80 Å². The number of phenolic OH excluding ortho intramolecular Hbond substituents is 1. The first-order valence-electron chi connectivity index (χ1n) is 14.1. The van der Waals surface area contributed by atoms with E-state index in [1.807, 2.05) is 12.1 Å². The largest absolute Gasteiger partial charge is 0.573 e. The molecule has 2 aromatic carbocycles. The smallest absolute Gasteiger partial charge is 0.508 e. The van der Waals surface area contributed by atoms with Gasteiger partial charge in [0.2, 0.25) is 5.91 Å². The lowest BCUT2D eigenvalue weighted by Crippen LogP contribution is -2.74. The summed E-state index contributed by atoms with van der Waals surface area (Å²) in [6, 6.07) is 10.9. The molecule has 3 aliphatic carbocycles. The van der Waals surface area contributed by atoms with Crippen LogP contribution in [0, 0.1) is 5.92 Å². The Bertz CT molecular complexity index is 1330. The standard InChI is InChI=1S/C31H35F3N2O4/c1-35(28(38)10-7-20-3-2-4-25(15-20)40-31(32,33)34)23-11-12-30(39)27-16-22-8-9-24(37)17-26(22)29(30,18-23)13-14-36(27)19-21-5-6-21/h2-4,7-10,15,17,21,23,27,37,39H,5-6,11-14,16,18-19H2,1H3/t23-,27+,29+,30+/m0/s1. The molecular weight excluding hydrogens is 521 g/mol. The molecular formula is C31H35F3N2O4. The predicted molar refractivity (Wildman–Crippen MR) is 144 cm³/mol. The third-order valence-corrected chi connectivity index (χ3v) is 9.71. The summed E-state index contributed by atoms with van der Waals surface area (Å²) in [6.07, 6.45) is 3.85. The molecule has 2 bridgehead atoms. The Morgan fingerprint density at radius 3 is 2.73 bits per heavy atom. The summed E-state index contributed by atoms with van der Waals surface area (Å²) < 4.78 is 41.8. The van der Waals surface area contributed by atoms with Crippen molar-refractivity contribution in [3.8, 4) is 11.5 Å². The van der Waals surface area contributed by atoms with Crippen LogP contribution in [0.4, 0.5) is 13.2 Å². The van der Waals surface area contributed by atoms with Crippen molar-refractivity contribution < 1.29 is 32.9 Å². The number of aromatic hydroxyl groups is 1. The van der Waals surface area contributed by atoms with Crippen molar-refractivity contribution in [2.45, 2.75) is 74.4 Å². The van der Waals surface area contributed by atoms with Crippen LogP contribution in [0.25, 0.3) is 6.08 Å². The van der Waals surface area contributed by atoms with Gasteiger partial charge in [0, 0.05) is 37.2 Å². The third kappa shape index (κ3) is 4.87. The molecule has 1 heterocycles. The predicted octanol–water partition coefficient (Wildman–Crippen LogP) is 5.02. The monoisotopic (exact) mass is 556 g/mol. The molecule has 9 heteroatoms. The topological polar surface area (TPSA) is 73.2 Å². The molecule has 6 rings (SSSR count). The zero-order valence-corrected chi connectivity index (χ0v) is 22.5. The average molecular weight is 557 g/mol. The van der Waals surface area contributed by atoms with Crippen molar-refractivity contribution in [1.29, 1.82) is 0 Å². The summed E-state index contributed by atoms with van der Waals surface area (Å²) in [5.74, 6) is 0.289. The number of benzene rings is 2. The number of piperidine rings is 1. The Hall–Kier alpha value is -3.04. The Labute approximate surface area is 232 Å². The first-order valence-corrected chi connectivity index (χ1v) is 14.1. The van der Waals surface area contributed by atoms with E-state index >= 15 is 0 Å². The van der Waals surface area contributed by atoms with Crippen LogP contribution in [-0.2, 0) is 16.6 Å². The van der Waals surface area contributed by atoms with E-state index in [4.69, 9.17) is 0 Å². The molecule has 0 aromatic heterocycles. The second-order valence-corrected chi connectivity index (χ2v) is 12.1. The van der Waals surface area contributed by atoms with Crippen molar-refractivity contribution in [3.63, 3.8) is 0 Å². The summed E-state index contributed by atoms with van der Waals surface area (Å²) in [7, 11) is 1.74. The molecule has 1 amide bonds. The lowest BCUT2D eigenvalue weighted by molar-refractivity contribution is -0.274. The van der Waals surface area contributed by atoms with Gasteiger partial charge in [-0.2, -0.15) is 0 Å². The fourth-order valence-corrected chi connectivity index (χ4v) is 7.54. The highest BCUT2D eigenvalue weighted by atomic mass is 19.4. The van der Waals surface area contributed by atoms with Crippen molar-refractivity contribution in [3.05, 3.63) is 65.2 Å². The molecule has 1 aliphatic heterocycles. The van der Waals surface area contributed by atoms with Crippen molar-refractivity contribution >= 4 is 12.0 Å². The fraction of sp³-hybridized carbons (Fsp3) is 0.516. The summed E-state index contributed by atoms with van der Waals surface area (Å²) in [4.78, 5) is 17.4. The minimum absolute atomic E-state index is 0.00643. The zero-order chi connectivity index (χ0) is 28.3. The molecule has 4 atom stereocenters. The first-order chi connectivity index (χ1) is 19.0. The maximum absolute atomic E-state index is 13.2. The molecule has 40 heavy (non-hydrogen) atoms.